The normalized spacial score (nSPS) is 34.1. The van der Waals surface area contributed by atoms with Gasteiger partial charge >= 0.3 is 0 Å². The Labute approximate surface area is 182 Å². The molecule has 2 aromatic rings. The molecule has 2 aliphatic heterocycles. The largest absolute Gasteiger partial charge is 0.359 e. The van der Waals surface area contributed by atoms with Gasteiger partial charge in [-0.05, 0) is 42.7 Å². The molecule has 6 atom stereocenters. The van der Waals surface area contributed by atoms with Crippen LogP contribution in [0.15, 0.2) is 54.6 Å². The second-order valence-electron chi connectivity index (χ2n) is 7.89. The lowest BCUT2D eigenvalue weighted by Gasteiger charge is -2.42. The summed E-state index contributed by atoms with van der Waals surface area (Å²) in [5.74, 6) is -0.514. The second-order valence-corrected chi connectivity index (χ2v) is 9.92. The van der Waals surface area contributed by atoms with Crippen molar-refractivity contribution in [2.45, 2.75) is 28.8 Å². The molecule has 2 aromatic carbocycles. The number of anilines is 1. The molecule has 1 aliphatic carbocycles. The van der Waals surface area contributed by atoms with Crippen molar-refractivity contribution in [3.05, 3.63) is 65.2 Å². The Morgan fingerprint density at radius 2 is 1.68 bits per heavy atom. The lowest BCUT2D eigenvalue weighted by Crippen LogP contribution is -2.56. The van der Waals surface area contributed by atoms with Gasteiger partial charge in [0.2, 0.25) is 11.8 Å². The molecule has 3 aliphatic rings. The molecule has 2 saturated heterocycles. The monoisotopic (exact) mass is 506 g/mol. The van der Waals surface area contributed by atoms with Gasteiger partial charge in [0.1, 0.15) is 0 Å². The van der Waals surface area contributed by atoms with Crippen LogP contribution in [-0.4, -0.2) is 21.8 Å². The summed E-state index contributed by atoms with van der Waals surface area (Å²) in [6, 6.07) is 18.1. The average Bonchev–Trinajstić information content (AvgIpc) is 3.06. The van der Waals surface area contributed by atoms with E-state index in [1.165, 1.54) is 0 Å². The van der Waals surface area contributed by atoms with Crippen molar-refractivity contribution in [3.8, 4) is 0 Å². The molecule has 4 nitrogen and oxygen atoms in total. The topological polar surface area (TPSA) is 49.4 Å². The highest BCUT2D eigenvalue weighted by Gasteiger charge is 2.62. The molecule has 1 N–H and O–H groups in total. The van der Waals surface area contributed by atoms with Crippen LogP contribution in [0, 0.1) is 17.8 Å². The zero-order valence-electron chi connectivity index (χ0n) is 15.1. The van der Waals surface area contributed by atoms with Gasteiger partial charge in [-0.2, -0.15) is 0 Å². The van der Waals surface area contributed by atoms with Gasteiger partial charge in [-0.15, -0.1) is 0 Å². The number of rotatable bonds is 2. The smallest absolute Gasteiger partial charge is 0.232 e. The molecular formula is C22H20ClIN2O2. The molecule has 0 radical (unpaired) electrons. The van der Waals surface area contributed by atoms with E-state index in [2.05, 4.69) is 44.9 Å². The summed E-state index contributed by atoms with van der Waals surface area (Å²) < 4.78 is 0.379. The van der Waals surface area contributed by atoms with Crippen molar-refractivity contribution >= 4 is 51.7 Å². The molecule has 1 saturated carbocycles. The van der Waals surface area contributed by atoms with Gasteiger partial charge in [0.25, 0.3) is 0 Å². The number of nitrogens with one attached hydrogen (secondary N) is 1. The fraction of sp³-hybridized carbons (Fsp3) is 0.364. The quantitative estimate of drug-likeness (QED) is 0.374. The molecule has 144 valence electrons. The molecule has 2 amide bonds. The number of alkyl halides is 1. The zero-order valence-corrected chi connectivity index (χ0v) is 18.0. The van der Waals surface area contributed by atoms with Crippen molar-refractivity contribution < 1.29 is 9.59 Å². The van der Waals surface area contributed by atoms with E-state index in [0.29, 0.717) is 8.95 Å². The predicted octanol–water partition coefficient (Wildman–Crippen LogP) is 4.37. The second kappa shape index (κ2) is 7.02. The third-order valence-electron chi connectivity index (χ3n) is 6.51. The van der Waals surface area contributed by atoms with Crippen molar-refractivity contribution in [3.63, 3.8) is 0 Å². The molecule has 0 unspecified atom stereocenters. The molecule has 0 aromatic heterocycles. The lowest BCUT2D eigenvalue weighted by molar-refractivity contribution is -0.144. The van der Waals surface area contributed by atoms with Crippen LogP contribution in [0.4, 0.5) is 5.69 Å². The maximum absolute atomic E-state index is 13.1. The van der Waals surface area contributed by atoms with Crippen LogP contribution in [0.1, 0.15) is 24.4 Å². The number of carbonyl (C=O) groups is 2. The number of hydrogen-bond acceptors (Lipinski definition) is 3. The fourth-order valence-electron chi connectivity index (χ4n) is 5.46. The van der Waals surface area contributed by atoms with Crippen LogP contribution in [0.3, 0.4) is 0 Å². The van der Waals surface area contributed by atoms with Gasteiger partial charge in [-0.1, -0.05) is 64.5 Å². The van der Waals surface area contributed by atoms with Crippen LogP contribution in [0.5, 0.6) is 0 Å². The van der Waals surface area contributed by atoms with Crippen molar-refractivity contribution in [1.29, 1.82) is 0 Å². The summed E-state index contributed by atoms with van der Waals surface area (Å²) in [6.07, 6.45) is 1.83. The Morgan fingerprint density at radius 1 is 0.964 bits per heavy atom. The maximum atomic E-state index is 13.1. The fourth-order valence-corrected chi connectivity index (χ4v) is 6.77. The van der Waals surface area contributed by atoms with Crippen LogP contribution >= 0.6 is 34.2 Å². The van der Waals surface area contributed by atoms with Gasteiger partial charge in [0, 0.05) is 32.5 Å². The summed E-state index contributed by atoms with van der Waals surface area (Å²) in [7, 11) is 0. The van der Waals surface area contributed by atoms with Crippen LogP contribution in [0.25, 0.3) is 0 Å². The highest BCUT2D eigenvalue weighted by molar-refractivity contribution is 14.1. The zero-order chi connectivity index (χ0) is 19.4. The van der Waals surface area contributed by atoms with Crippen LogP contribution < -0.4 is 10.2 Å². The SMILES string of the molecule is O=C1NC(=O)[C@@H]2CC[C@@H](I)[C@H]3[C@@H]2[C@@H]1[C@@H](c1ccccc1)N3c1ccc(Cl)cc1. The van der Waals surface area contributed by atoms with Gasteiger partial charge in [-0.3, -0.25) is 14.9 Å². The molecule has 6 heteroatoms. The first-order chi connectivity index (χ1) is 13.6. The van der Waals surface area contributed by atoms with Gasteiger partial charge in [0.05, 0.1) is 12.0 Å². The minimum Gasteiger partial charge on any atom is -0.359 e. The minimum atomic E-state index is -0.233. The Kier molecular flexibility index (Phi) is 4.62. The third kappa shape index (κ3) is 2.77. The van der Waals surface area contributed by atoms with Gasteiger partial charge < -0.3 is 4.90 Å². The summed E-state index contributed by atoms with van der Waals surface area (Å²) >= 11 is 8.66. The highest BCUT2D eigenvalue weighted by Crippen LogP contribution is 2.56. The molecule has 5 rings (SSSR count). The summed E-state index contributed by atoms with van der Waals surface area (Å²) in [5, 5.41) is 3.37. The van der Waals surface area contributed by atoms with Gasteiger partial charge in [-0.25, -0.2) is 0 Å². The van der Waals surface area contributed by atoms with E-state index < -0.39 is 0 Å². The highest BCUT2D eigenvalue weighted by atomic mass is 127. The Hall–Kier alpha value is -1.60. The lowest BCUT2D eigenvalue weighted by atomic mass is 9.68. The maximum Gasteiger partial charge on any atom is 0.232 e. The molecule has 0 bridgehead atoms. The number of piperidine rings is 1. The average molecular weight is 507 g/mol. The first-order valence-corrected chi connectivity index (χ1v) is 11.3. The van der Waals surface area contributed by atoms with E-state index in [4.69, 9.17) is 11.6 Å². The van der Waals surface area contributed by atoms with Crippen molar-refractivity contribution in [2.75, 3.05) is 4.90 Å². The molecule has 3 fully saturated rings. The van der Waals surface area contributed by atoms with E-state index >= 15 is 0 Å². The van der Waals surface area contributed by atoms with Crippen LogP contribution in [0.2, 0.25) is 5.02 Å². The number of hydrogen-bond donors (Lipinski definition) is 1. The van der Waals surface area contributed by atoms with E-state index in [1.54, 1.807) is 0 Å². The van der Waals surface area contributed by atoms with Crippen molar-refractivity contribution in [1.82, 2.24) is 5.32 Å². The number of nitrogens with zero attached hydrogens (tertiary/aromatic N) is 1. The van der Waals surface area contributed by atoms with Crippen LogP contribution in [-0.2, 0) is 9.59 Å². The molecule has 28 heavy (non-hydrogen) atoms. The Balaban J connectivity index is 1.70. The summed E-state index contributed by atoms with van der Waals surface area (Å²) in [5.41, 5.74) is 2.17. The number of amides is 2. The van der Waals surface area contributed by atoms with Crippen molar-refractivity contribution in [2.24, 2.45) is 17.8 Å². The van der Waals surface area contributed by atoms with Gasteiger partial charge in [0.15, 0.2) is 0 Å². The number of halogens is 2. The number of carbonyl (C=O) groups excluding carboxylic acids is 2. The van der Waals surface area contributed by atoms with E-state index in [-0.39, 0.29) is 41.7 Å². The standard InChI is InChI=1S/C22H20ClIN2O2/c23-13-6-8-14(9-7-13)26-19(12-4-2-1-3-5-12)18-17-15(21(27)25-22(18)28)10-11-16(24)20(17)26/h1-9,15-20H,10-11H2,(H,25,27,28)/t15-,16-,17+,18-,19-,20+/m1/s1. The Bertz CT molecular complexity index is 920. The first-order valence-electron chi connectivity index (χ1n) is 9.64. The minimum absolute atomic E-state index is 0.0396. The van der Waals surface area contributed by atoms with E-state index in [1.807, 2.05) is 42.5 Å². The molecular weight excluding hydrogens is 487 g/mol. The number of imide groups is 1. The van der Waals surface area contributed by atoms with E-state index in [9.17, 15) is 9.59 Å². The third-order valence-corrected chi connectivity index (χ3v) is 8.12. The first kappa shape index (κ1) is 18.4. The molecule has 2 heterocycles. The molecule has 0 spiro atoms. The number of benzene rings is 2. The summed E-state index contributed by atoms with van der Waals surface area (Å²) in [4.78, 5) is 28.1. The van der Waals surface area contributed by atoms with E-state index in [0.717, 1.165) is 24.1 Å². The summed E-state index contributed by atoms with van der Waals surface area (Å²) in [6.45, 7) is 0. The Morgan fingerprint density at radius 3 is 2.39 bits per heavy atom. The predicted molar refractivity (Wildman–Crippen MR) is 118 cm³/mol.